The predicted molar refractivity (Wildman–Crippen MR) is 106 cm³/mol. The number of rotatable bonds is 4. The molecule has 8 nitrogen and oxygen atoms in total. The molecule has 1 amide bonds. The number of benzene rings is 1. The molecule has 0 atom stereocenters. The highest BCUT2D eigenvalue weighted by atomic mass is 16.1. The second kappa shape index (κ2) is 6.88. The zero-order valence-electron chi connectivity index (χ0n) is 15.5. The van der Waals surface area contributed by atoms with Crippen LogP contribution < -0.4 is 11.1 Å². The highest BCUT2D eigenvalue weighted by Crippen LogP contribution is 2.44. The fourth-order valence-electron chi connectivity index (χ4n) is 3.50. The van der Waals surface area contributed by atoms with Crippen molar-refractivity contribution in [3.05, 3.63) is 60.2 Å². The van der Waals surface area contributed by atoms with Crippen LogP contribution in [-0.4, -0.2) is 31.5 Å². The number of hydrogen-bond acceptors (Lipinski definition) is 6. The highest BCUT2D eigenvalue weighted by molar-refractivity contribution is 6.08. The van der Waals surface area contributed by atoms with E-state index in [1.54, 1.807) is 24.1 Å². The van der Waals surface area contributed by atoms with Crippen LogP contribution in [0.1, 0.15) is 35.2 Å². The van der Waals surface area contributed by atoms with Crippen molar-refractivity contribution in [1.29, 1.82) is 5.41 Å². The number of nitrogen functional groups attached to an aromatic ring is 1. The molecular formula is C20H21N7O. The first-order valence-corrected chi connectivity index (χ1v) is 9.05. The molecule has 1 aliphatic carbocycles. The molecule has 0 spiro atoms. The molecule has 2 aromatic heterocycles. The molecule has 2 heterocycles. The summed E-state index contributed by atoms with van der Waals surface area (Å²) in [6, 6.07) is 7.92. The van der Waals surface area contributed by atoms with Gasteiger partial charge in [-0.3, -0.25) is 19.9 Å². The topological polar surface area (TPSA) is 123 Å². The zero-order chi connectivity index (χ0) is 19.7. The Balaban J connectivity index is 1.54. The molecule has 4 rings (SSSR count). The van der Waals surface area contributed by atoms with E-state index in [2.05, 4.69) is 20.4 Å². The van der Waals surface area contributed by atoms with Crippen molar-refractivity contribution in [2.75, 3.05) is 5.73 Å². The Morgan fingerprint density at radius 2 is 1.93 bits per heavy atom. The molecular weight excluding hydrogens is 354 g/mol. The third-order valence-electron chi connectivity index (χ3n) is 5.30. The first-order valence-electron chi connectivity index (χ1n) is 9.05. The highest BCUT2D eigenvalue weighted by Gasteiger charge is 2.43. The van der Waals surface area contributed by atoms with Crippen LogP contribution in [0.2, 0.25) is 0 Å². The number of amidine groups is 1. The molecule has 0 saturated heterocycles. The summed E-state index contributed by atoms with van der Waals surface area (Å²) >= 11 is 0. The quantitative estimate of drug-likeness (QED) is 0.477. The largest absolute Gasteiger partial charge is 0.382 e. The van der Waals surface area contributed by atoms with Crippen LogP contribution in [-0.2, 0) is 12.5 Å². The summed E-state index contributed by atoms with van der Waals surface area (Å²) in [6.45, 7) is 0. The number of hydrogen-bond donors (Lipinski definition) is 3. The van der Waals surface area contributed by atoms with Gasteiger partial charge in [-0.2, -0.15) is 5.10 Å². The van der Waals surface area contributed by atoms with Crippen LogP contribution in [0.15, 0.2) is 49.1 Å². The van der Waals surface area contributed by atoms with Crippen LogP contribution in [0.4, 0.5) is 5.82 Å². The Hall–Kier alpha value is -3.55. The molecule has 142 valence electrons. The molecule has 1 fully saturated rings. The molecule has 1 aromatic carbocycles. The monoisotopic (exact) mass is 375 g/mol. The fraction of sp³-hybridized carbons (Fsp3) is 0.250. The van der Waals surface area contributed by atoms with Gasteiger partial charge in [-0.05, 0) is 18.4 Å². The van der Waals surface area contributed by atoms with E-state index in [1.165, 1.54) is 12.4 Å². The van der Waals surface area contributed by atoms with Gasteiger partial charge in [-0.15, -0.1) is 0 Å². The maximum atomic E-state index is 12.4. The zero-order valence-corrected chi connectivity index (χ0v) is 15.5. The van der Waals surface area contributed by atoms with Gasteiger partial charge in [0.1, 0.15) is 11.7 Å². The Labute approximate surface area is 162 Å². The lowest BCUT2D eigenvalue weighted by Gasteiger charge is -2.42. The second-order valence-electron chi connectivity index (χ2n) is 7.07. The third kappa shape index (κ3) is 3.13. The van der Waals surface area contributed by atoms with Gasteiger partial charge in [0, 0.05) is 18.8 Å². The molecule has 8 heteroatoms. The summed E-state index contributed by atoms with van der Waals surface area (Å²) in [7, 11) is 1.75. The van der Waals surface area contributed by atoms with E-state index in [9.17, 15) is 4.79 Å². The second-order valence-corrected chi connectivity index (χ2v) is 7.07. The van der Waals surface area contributed by atoms with E-state index in [0.717, 1.165) is 36.1 Å². The summed E-state index contributed by atoms with van der Waals surface area (Å²) in [6.07, 6.45) is 8.99. The van der Waals surface area contributed by atoms with Crippen molar-refractivity contribution < 1.29 is 4.79 Å². The Morgan fingerprint density at radius 3 is 2.46 bits per heavy atom. The average molecular weight is 375 g/mol. The summed E-state index contributed by atoms with van der Waals surface area (Å²) in [4.78, 5) is 20.8. The minimum Gasteiger partial charge on any atom is -0.382 e. The van der Waals surface area contributed by atoms with Gasteiger partial charge in [-0.1, -0.05) is 30.7 Å². The van der Waals surface area contributed by atoms with Gasteiger partial charge in [0.05, 0.1) is 35.3 Å². The number of carbonyl (C=O) groups excluding carboxylic acids is 1. The number of nitrogens with zero attached hydrogens (tertiary/aromatic N) is 4. The van der Waals surface area contributed by atoms with Gasteiger partial charge in [0.25, 0.3) is 5.91 Å². The normalized spacial score (nSPS) is 14.9. The smallest absolute Gasteiger partial charge is 0.259 e. The molecule has 0 bridgehead atoms. The molecule has 0 aliphatic heterocycles. The van der Waals surface area contributed by atoms with Crippen LogP contribution in [0.5, 0.6) is 0 Å². The van der Waals surface area contributed by atoms with Gasteiger partial charge in [0.15, 0.2) is 0 Å². The molecule has 1 saturated carbocycles. The van der Waals surface area contributed by atoms with Crippen molar-refractivity contribution in [2.24, 2.45) is 7.05 Å². The van der Waals surface area contributed by atoms with E-state index in [0.29, 0.717) is 11.4 Å². The van der Waals surface area contributed by atoms with Crippen LogP contribution in [0.25, 0.3) is 11.3 Å². The lowest BCUT2D eigenvalue weighted by molar-refractivity contribution is 0.0972. The molecule has 28 heavy (non-hydrogen) atoms. The first-order chi connectivity index (χ1) is 13.5. The maximum absolute atomic E-state index is 12.4. The number of carbonyl (C=O) groups is 1. The summed E-state index contributed by atoms with van der Waals surface area (Å²) < 4.78 is 1.57. The Bertz CT molecular complexity index is 1020. The van der Waals surface area contributed by atoms with Crippen molar-refractivity contribution in [2.45, 2.75) is 24.7 Å². The molecule has 4 N–H and O–H groups in total. The third-order valence-corrected chi connectivity index (χ3v) is 5.30. The van der Waals surface area contributed by atoms with Crippen LogP contribution >= 0.6 is 0 Å². The first kappa shape index (κ1) is 17.8. The summed E-state index contributed by atoms with van der Waals surface area (Å²) in [5.74, 6) is 0.303. The van der Waals surface area contributed by atoms with E-state index < -0.39 is 5.41 Å². The average Bonchev–Trinajstić information content (AvgIpc) is 3.09. The number of anilines is 1. The lowest BCUT2D eigenvalue weighted by Crippen LogP contribution is -2.50. The predicted octanol–water partition coefficient (Wildman–Crippen LogP) is 2.29. The van der Waals surface area contributed by atoms with Crippen LogP contribution in [0.3, 0.4) is 0 Å². The van der Waals surface area contributed by atoms with Gasteiger partial charge in [-0.25, -0.2) is 4.98 Å². The molecule has 0 radical (unpaired) electrons. The standard InChI is InChI=1S/C20H21N7O/c1-27-12-14(9-25-27)18(28)26-19(22)20(7-2-8-20)15-5-3-13(4-6-15)16-10-24-17(21)11-23-16/h3-6,9-12H,2,7-8H2,1H3,(H2,21,24)(H2,22,26,28). The van der Waals surface area contributed by atoms with E-state index >= 15 is 0 Å². The summed E-state index contributed by atoms with van der Waals surface area (Å²) in [5, 5.41) is 15.3. The van der Waals surface area contributed by atoms with Crippen molar-refractivity contribution in [3.63, 3.8) is 0 Å². The SMILES string of the molecule is Cn1cc(C(=O)NC(=N)C2(c3ccc(-c4cnc(N)cn4)cc3)CCC2)cn1. The Kier molecular flexibility index (Phi) is 4.38. The number of aryl methyl sites for hydroxylation is 1. The number of nitrogens with one attached hydrogen (secondary N) is 2. The van der Waals surface area contributed by atoms with E-state index in [-0.39, 0.29) is 11.7 Å². The Morgan fingerprint density at radius 1 is 1.18 bits per heavy atom. The van der Waals surface area contributed by atoms with E-state index in [1.807, 2.05) is 24.3 Å². The van der Waals surface area contributed by atoms with Crippen LogP contribution in [0, 0.1) is 5.41 Å². The van der Waals surface area contributed by atoms with Crippen molar-refractivity contribution in [1.82, 2.24) is 25.1 Å². The summed E-state index contributed by atoms with van der Waals surface area (Å²) in [5.41, 5.74) is 8.26. The minimum absolute atomic E-state index is 0.229. The molecule has 1 aliphatic rings. The number of aromatic nitrogens is 4. The van der Waals surface area contributed by atoms with Gasteiger partial charge < -0.3 is 11.1 Å². The van der Waals surface area contributed by atoms with Gasteiger partial charge >= 0.3 is 0 Å². The van der Waals surface area contributed by atoms with Crippen molar-refractivity contribution in [3.8, 4) is 11.3 Å². The fourth-order valence-corrected chi connectivity index (χ4v) is 3.50. The van der Waals surface area contributed by atoms with E-state index in [4.69, 9.17) is 11.1 Å². The minimum atomic E-state index is -0.455. The molecule has 0 unspecified atom stereocenters. The van der Waals surface area contributed by atoms with Gasteiger partial charge in [0.2, 0.25) is 0 Å². The van der Waals surface area contributed by atoms with Crippen molar-refractivity contribution >= 4 is 17.6 Å². The lowest BCUT2D eigenvalue weighted by atomic mass is 9.63. The molecule has 3 aromatic rings. The number of nitrogens with two attached hydrogens (primary N) is 1. The maximum Gasteiger partial charge on any atom is 0.259 e. The number of amides is 1.